The van der Waals surface area contributed by atoms with Gasteiger partial charge in [-0.2, -0.15) is 0 Å². The first kappa shape index (κ1) is 30.1. The minimum atomic E-state index is -0.979. The number of carbonyl (C=O) groups excluding carboxylic acids is 3. The van der Waals surface area contributed by atoms with Crippen LogP contribution < -0.4 is 5.63 Å². The van der Waals surface area contributed by atoms with Crippen LogP contribution in [0.15, 0.2) is 58.9 Å². The smallest absolute Gasteiger partial charge is 0.350 e. The van der Waals surface area contributed by atoms with E-state index in [4.69, 9.17) is 23.4 Å². The van der Waals surface area contributed by atoms with Gasteiger partial charge in [0.05, 0.1) is 16.6 Å². The first-order valence-electron chi connectivity index (χ1n) is 12.4. The number of esters is 3. The third kappa shape index (κ3) is 6.35. The van der Waals surface area contributed by atoms with E-state index >= 15 is 0 Å². The number of hydrogen-bond acceptors (Lipinski definition) is 13. The highest BCUT2D eigenvalue weighted by atomic mass is 79.9. The van der Waals surface area contributed by atoms with Crippen molar-refractivity contribution in [1.29, 1.82) is 0 Å². The molecule has 1 fully saturated rings. The summed E-state index contributed by atoms with van der Waals surface area (Å²) in [6.07, 6.45) is -0.0441. The van der Waals surface area contributed by atoms with E-state index in [1.165, 1.54) is 33.3 Å². The monoisotopic (exact) mass is 724 g/mol. The molecule has 0 spiro atoms. The zero-order chi connectivity index (χ0) is 30.1. The van der Waals surface area contributed by atoms with Crippen LogP contribution in [0, 0.1) is 5.92 Å². The van der Waals surface area contributed by atoms with Gasteiger partial charge in [-0.3, -0.25) is 19.0 Å². The number of ether oxygens (including phenoxy) is 4. The molecule has 0 unspecified atom stereocenters. The van der Waals surface area contributed by atoms with E-state index in [2.05, 4.69) is 46.8 Å². The zero-order valence-electron chi connectivity index (χ0n) is 22.2. The molecule has 4 atom stereocenters. The van der Waals surface area contributed by atoms with Crippen molar-refractivity contribution in [3.63, 3.8) is 0 Å². The van der Waals surface area contributed by atoms with Crippen molar-refractivity contribution in [3.05, 3.63) is 50.1 Å². The summed E-state index contributed by atoms with van der Waals surface area (Å²) in [5, 5.41) is 0.931. The lowest BCUT2D eigenvalue weighted by Gasteiger charge is -2.24. The molecule has 1 saturated heterocycles. The van der Waals surface area contributed by atoms with Crippen molar-refractivity contribution in [2.75, 3.05) is 13.2 Å². The molecule has 13 nitrogen and oxygen atoms in total. The van der Waals surface area contributed by atoms with Crippen molar-refractivity contribution in [2.45, 2.75) is 49.3 Å². The van der Waals surface area contributed by atoms with Crippen molar-refractivity contribution in [1.82, 2.24) is 19.5 Å². The number of rotatable bonds is 8. The second-order valence-electron chi connectivity index (χ2n) is 9.21. The first-order valence-corrected chi connectivity index (χ1v) is 14.8. The first-order chi connectivity index (χ1) is 20.0. The Morgan fingerprint density at radius 2 is 1.79 bits per heavy atom. The molecule has 4 heterocycles. The SMILES string of the molecule is CC(=O)OC[C@@H]1[C@H](OC(C)=O)[C@@H](COC(C)=O)O[C@H]1n1c(Sc2cc3cc(Br)cc(Br)c3oc2=O)nc2cncnc21. The number of aromatic nitrogens is 4. The topological polar surface area (TPSA) is 162 Å². The van der Waals surface area contributed by atoms with Crippen molar-refractivity contribution in [2.24, 2.45) is 5.92 Å². The van der Waals surface area contributed by atoms with Gasteiger partial charge in [-0.25, -0.2) is 19.7 Å². The van der Waals surface area contributed by atoms with E-state index in [0.717, 1.165) is 16.2 Å². The van der Waals surface area contributed by atoms with Gasteiger partial charge in [-0.05, 0) is 45.9 Å². The maximum Gasteiger partial charge on any atom is 0.350 e. The van der Waals surface area contributed by atoms with Gasteiger partial charge in [0.1, 0.15) is 48.4 Å². The van der Waals surface area contributed by atoms with Gasteiger partial charge in [0, 0.05) is 30.6 Å². The van der Waals surface area contributed by atoms with Gasteiger partial charge in [0.15, 0.2) is 16.4 Å². The molecular formula is C26H22Br2N4O9S. The van der Waals surface area contributed by atoms with Gasteiger partial charge in [-0.1, -0.05) is 15.9 Å². The average molecular weight is 726 g/mol. The number of nitrogens with zero attached hydrogens (tertiary/aromatic N) is 4. The number of imidazole rings is 1. The van der Waals surface area contributed by atoms with E-state index in [0.29, 0.717) is 26.6 Å². The molecule has 0 N–H and O–H groups in total. The van der Waals surface area contributed by atoms with Crippen LogP contribution >= 0.6 is 43.6 Å². The molecule has 0 amide bonds. The minimum absolute atomic E-state index is 0.205. The highest BCUT2D eigenvalue weighted by Crippen LogP contribution is 2.42. The highest BCUT2D eigenvalue weighted by Gasteiger charge is 2.50. The Hall–Kier alpha value is -3.34. The maximum absolute atomic E-state index is 13.1. The Balaban J connectivity index is 1.62. The Labute approximate surface area is 258 Å². The van der Waals surface area contributed by atoms with Crippen LogP contribution in [0.1, 0.15) is 27.0 Å². The quantitative estimate of drug-likeness (QED) is 0.145. The number of fused-ring (bicyclic) bond motifs is 2. The molecule has 0 radical (unpaired) electrons. The van der Waals surface area contributed by atoms with Crippen LogP contribution in [0.5, 0.6) is 0 Å². The molecule has 0 aliphatic carbocycles. The van der Waals surface area contributed by atoms with Crippen LogP contribution in [0.4, 0.5) is 0 Å². The average Bonchev–Trinajstić information content (AvgIpc) is 3.43. The molecule has 3 aromatic heterocycles. The molecule has 16 heteroatoms. The molecule has 5 rings (SSSR count). The van der Waals surface area contributed by atoms with Gasteiger partial charge < -0.3 is 23.4 Å². The molecule has 1 aliphatic rings. The van der Waals surface area contributed by atoms with E-state index in [1.54, 1.807) is 22.8 Å². The van der Waals surface area contributed by atoms with Gasteiger partial charge in [0.2, 0.25) is 0 Å². The van der Waals surface area contributed by atoms with Crippen LogP contribution in [0.3, 0.4) is 0 Å². The normalized spacial score (nSPS) is 20.1. The molecule has 1 aromatic carbocycles. The Kier molecular flexibility index (Phi) is 8.96. The highest BCUT2D eigenvalue weighted by molar-refractivity contribution is 9.11. The van der Waals surface area contributed by atoms with E-state index in [-0.39, 0.29) is 23.3 Å². The summed E-state index contributed by atoms with van der Waals surface area (Å²) in [5.74, 6) is -2.50. The lowest BCUT2D eigenvalue weighted by molar-refractivity contribution is -0.156. The Bertz CT molecular complexity index is 1760. The third-order valence-corrected chi connectivity index (χ3v) is 8.22. The second-order valence-corrected chi connectivity index (χ2v) is 12.0. The summed E-state index contributed by atoms with van der Waals surface area (Å²) < 4.78 is 31.0. The summed E-state index contributed by atoms with van der Waals surface area (Å²) in [4.78, 5) is 61.8. The van der Waals surface area contributed by atoms with E-state index in [1.807, 2.05) is 0 Å². The van der Waals surface area contributed by atoms with Crippen molar-refractivity contribution >= 4 is 83.7 Å². The van der Waals surface area contributed by atoms with Crippen LogP contribution in [0.2, 0.25) is 0 Å². The molecular weight excluding hydrogens is 704 g/mol. The Morgan fingerprint density at radius 1 is 1.05 bits per heavy atom. The summed E-state index contributed by atoms with van der Waals surface area (Å²) in [5.41, 5.74) is 0.508. The van der Waals surface area contributed by atoms with Crippen LogP contribution in [-0.2, 0) is 33.3 Å². The van der Waals surface area contributed by atoms with Crippen LogP contribution in [-0.4, -0.2) is 62.8 Å². The van der Waals surface area contributed by atoms with E-state index < -0.39 is 47.9 Å². The third-order valence-electron chi connectivity index (χ3n) is 6.20. The lowest BCUT2D eigenvalue weighted by Crippen LogP contribution is -2.37. The number of halogens is 2. The van der Waals surface area contributed by atoms with E-state index in [9.17, 15) is 19.2 Å². The fourth-order valence-corrected chi connectivity index (χ4v) is 6.84. The second kappa shape index (κ2) is 12.5. The largest absolute Gasteiger partial charge is 0.465 e. The number of carbonyl (C=O) groups is 3. The fourth-order valence-electron chi connectivity index (χ4n) is 4.56. The van der Waals surface area contributed by atoms with Gasteiger partial charge in [0.25, 0.3) is 0 Å². The lowest BCUT2D eigenvalue weighted by atomic mass is 10.00. The predicted octanol–water partition coefficient (Wildman–Crippen LogP) is 4.18. The summed E-state index contributed by atoms with van der Waals surface area (Å²) in [6.45, 7) is 3.28. The van der Waals surface area contributed by atoms with Crippen molar-refractivity contribution < 1.29 is 37.7 Å². The standard InChI is InChI=1S/C26H22Br2N4O9S/c1-11(33)37-8-16-22(39-13(3)35)19(9-38-12(2)34)40-24(16)32-23-18(7-29-10-30-23)31-26(32)42-20-5-14-4-15(27)6-17(28)21(14)41-25(20)36/h4-7,10,16,19,22,24H,8-9H2,1-3H3/t16-,19-,22+,24-/m1/s1. The summed E-state index contributed by atoms with van der Waals surface area (Å²) >= 11 is 7.87. The molecule has 0 saturated carbocycles. The fraction of sp³-hybridized carbons (Fsp3) is 0.346. The van der Waals surface area contributed by atoms with Gasteiger partial charge >= 0.3 is 23.5 Å². The molecule has 42 heavy (non-hydrogen) atoms. The summed E-state index contributed by atoms with van der Waals surface area (Å²) in [7, 11) is 0. The minimum Gasteiger partial charge on any atom is -0.465 e. The molecule has 1 aliphatic heterocycles. The number of benzene rings is 1. The molecule has 220 valence electrons. The predicted molar refractivity (Wildman–Crippen MR) is 154 cm³/mol. The van der Waals surface area contributed by atoms with Crippen LogP contribution in [0.25, 0.3) is 22.1 Å². The Morgan fingerprint density at radius 3 is 2.50 bits per heavy atom. The zero-order valence-corrected chi connectivity index (χ0v) is 26.2. The summed E-state index contributed by atoms with van der Waals surface area (Å²) in [6, 6.07) is 5.25. The van der Waals surface area contributed by atoms with Gasteiger partial charge in [-0.15, -0.1) is 0 Å². The number of hydrogen-bond donors (Lipinski definition) is 0. The maximum atomic E-state index is 13.1. The molecule has 0 bridgehead atoms. The molecule has 4 aromatic rings. The van der Waals surface area contributed by atoms with Crippen molar-refractivity contribution in [3.8, 4) is 0 Å².